The first-order valence-electron chi connectivity index (χ1n) is 6.32. The molecule has 0 saturated carbocycles. The molecule has 3 aromatic rings. The number of aryl methyl sites for hydroxylation is 1. The lowest BCUT2D eigenvalue weighted by atomic mass is 10.0. The van der Waals surface area contributed by atoms with Crippen molar-refractivity contribution < 1.29 is 9.90 Å². The Labute approximate surface area is 120 Å². The summed E-state index contributed by atoms with van der Waals surface area (Å²) in [5.74, 6) is -0.987. The van der Waals surface area contributed by atoms with Crippen molar-refractivity contribution >= 4 is 5.97 Å². The monoisotopic (exact) mass is 280 g/mol. The number of aromatic carboxylic acids is 1. The molecule has 2 aromatic carbocycles. The van der Waals surface area contributed by atoms with Gasteiger partial charge in [0.1, 0.15) is 6.33 Å². The number of hydrogen-bond donors (Lipinski definition) is 1. The van der Waals surface area contributed by atoms with Gasteiger partial charge >= 0.3 is 5.97 Å². The van der Waals surface area contributed by atoms with Crippen LogP contribution in [0.4, 0.5) is 0 Å². The van der Waals surface area contributed by atoms with E-state index >= 15 is 0 Å². The molecule has 6 heteroatoms. The fraction of sp³-hybridized carbons (Fsp3) is 0.0667. The smallest absolute Gasteiger partial charge is 0.335 e. The Morgan fingerprint density at radius 1 is 1.14 bits per heavy atom. The molecule has 1 N–H and O–H groups in total. The fourth-order valence-electron chi connectivity index (χ4n) is 2.14. The molecule has 104 valence electrons. The van der Waals surface area contributed by atoms with E-state index < -0.39 is 5.97 Å². The molecule has 0 amide bonds. The van der Waals surface area contributed by atoms with Crippen LogP contribution in [0.2, 0.25) is 0 Å². The van der Waals surface area contributed by atoms with Gasteiger partial charge in [0.05, 0.1) is 11.3 Å². The van der Waals surface area contributed by atoms with Crippen LogP contribution in [0.1, 0.15) is 15.9 Å². The van der Waals surface area contributed by atoms with Gasteiger partial charge in [-0.1, -0.05) is 29.8 Å². The van der Waals surface area contributed by atoms with E-state index in [2.05, 4.69) is 15.5 Å². The maximum Gasteiger partial charge on any atom is 0.335 e. The van der Waals surface area contributed by atoms with E-state index in [-0.39, 0.29) is 5.56 Å². The van der Waals surface area contributed by atoms with Crippen LogP contribution in [0, 0.1) is 6.92 Å². The lowest BCUT2D eigenvalue weighted by molar-refractivity contribution is 0.0697. The number of rotatable bonds is 3. The molecule has 3 rings (SSSR count). The van der Waals surface area contributed by atoms with Crippen LogP contribution in [-0.2, 0) is 0 Å². The first kappa shape index (κ1) is 13.0. The van der Waals surface area contributed by atoms with Crippen molar-refractivity contribution in [2.24, 2.45) is 0 Å². The summed E-state index contributed by atoms with van der Waals surface area (Å²) < 4.78 is 1.44. The van der Waals surface area contributed by atoms with E-state index in [9.17, 15) is 9.90 Å². The molecule has 0 aliphatic carbocycles. The summed E-state index contributed by atoms with van der Waals surface area (Å²) >= 11 is 0. The van der Waals surface area contributed by atoms with Crippen LogP contribution in [-0.4, -0.2) is 31.3 Å². The molecule has 0 aliphatic rings. The van der Waals surface area contributed by atoms with Crippen LogP contribution in [0.25, 0.3) is 16.8 Å². The molecule has 1 heterocycles. The van der Waals surface area contributed by atoms with Crippen molar-refractivity contribution in [1.29, 1.82) is 0 Å². The Balaban J connectivity index is 2.18. The molecule has 6 nitrogen and oxygen atoms in total. The minimum absolute atomic E-state index is 0.194. The molecule has 21 heavy (non-hydrogen) atoms. The van der Waals surface area contributed by atoms with E-state index in [0.717, 1.165) is 16.7 Å². The van der Waals surface area contributed by atoms with E-state index in [1.54, 1.807) is 6.07 Å². The number of hydrogen-bond acceptors (Lipinski definition) is 4. The number of aromatic nitrogens is 4. The van der Waals surface area contributed by atoms with Crippen molar-refractivity contribution in [3.63, 3.8) is 0 Å². The molecule has 1 aromatic heterocycles. The quantitative estimate of drug-likeness (QED) is 0.796. The molecule has 0 aliphatic heterocycles. The van der Waals surface area contributed by atoms with E-state index in [1.165, 1.54) is 17.1 Å². The van der Waals surface area contributed by atoms with Gasteiger partial charge in [-0.15, -0.1) is 5.10 Å². The van der Waals surface area contributed by atoms with Gasteiger partial charge in [-0.2, -0.15) is 0 Å². The van der Waals surface area contributed by atoms with Gasteiger partial charge in [0.15, 0.2) is 0 Å². The molecule has 0 saturated heterocycles. The van der Waals surface area contributed by atoms with Gasteiger partial charge in [-0.3, -0.25) is 0 Å². The molecule has 0 atom stereocenters. The Morgan fingerprint density at radius 2 is 2.00 bits per heavy atom. The Morgan fingerprint density at radius 3 is 2.67 bits per heavy atom. The first-order valence-corrected chi connectivity index (χ1v) is 6.32. The summed E-state index contributed by atoms with van der Waals surface area (Å²) in [6.07, 6.45) is 1.43. The summed E-state index contributed by atoms with van der Waals surface area (Å²) in [7, 11) is 0. The van der Waals surface area contributed by atoms with Gasteiger partial charge in [-0.05, 0) is 46.7 Å². The predicted octanol–water partition coefficient (Wildman–Crippen LogP) is 2.34. The van der Waals surface area contributed by atoms with Crippen LogP contribution in [0.5, 0.6) is 0 Å². The summed E-state index contributed by atoms with van der Waals surface area (Å²) in [6, 6.07) is 12.9. The maximum absolute atomic E-state index is 11.3. The number of carbonyl (C=O) groups is 1. The fourth-order valence-corrected chi connectivity index (χ4v) is 2.14. The average Bonchev–Trinajstić information content (AvgIpc) is 3.01. The first-order chi connectivity index (χ1) is 10.1. The summed E-state index contributed by atoms with van der Waals surface area (Å²) in [5.41, 5.74) is 3.67. The number of tetrazole rings is 1. The molecular weight excluding hydrogens is 268 g/mol. The highest BCUT2D eigenvalue weighted by Gasteiger charge is 2.10. The van der Waals surface area contributed by atoms with E-state index in [4.69, 9.17) is 0 Å². The predicted molar refractivity (Wildman–Crippen MR) is 76.3 cm³/mol. The van der Waals surface area contributed by atoms with Crippen molar-refractivity contribution in [1.82, 2.24) is 20.2 Å². The minimum atomic E-state index is -0.987. The zero-order valence-electron chi connectivity index (χ0n) is 11.3. The molecule has 0 bridgehead atoms. The normalized spacial score (nSPS) is 10.5. The number of benzene rings is 2. The highest BCUT2D eigenvalue weighted by molar-refractivity contribution is 5.90. The van der Waals surface area contributed by atoms with Gasteiger partial charge in [0.25, 0.3) is 0 Å². The lowest BCUT2D eigenvalue weighted by Crippen LogP contribution is -2.02. The summed E-state index contributed by atoms with van der Waals surface area (Å²) in [5, 5.41) is 20.2. The van der Waals surface area contributed by atoms with Crippen molar-refractivity contribution in [2.45, 2.75) is 6.92 Å². The zero-order chi connectivity index (χ0) is 14.8. The summed E-state index contributed by atoms with van der Waals surface area (Å²) in [6.45, 7) is 1.99. The van der Waals surface area contributed by atoms with Crippen LogP contribution in [0.3, 0.4) is 0 Å². The van der Waals surface area contributed by atoms with Crippen molar-refractivity contribution in [3.05, 3.63) is 59.9 Å². The molecule has 0 fully saturated rings. The van der Waals surface area contributed by atoms with Gasteiger partial charge in [0.2, 0.25) is 0 Å². The molecule has 0 spiro atoms. The van der Waals surface area contributed by atoms with Crippen molar-refractivity contribution in [3.8, 4) is 16.8 Å². The van der Waals surface area contributed by atoms with Gasteiger partial charge < -0.3 is 5.11 Å². The highest BCUT2D eigenvalue weighted by atomic mass is 16.4. The van der Waals surface area contributed by atoms with Crippen LogP contribution >= 0.6 is 0 Å². The SMILES string of the molecule is Cc1cccc(-c2cc(C(=O)O)cc(-n3cnnn3)c2)c1. The zero-order valence-corrected chi connectivity index (χ0v) is 11.3. The highest BCUT2D eigenvalue weighted by Crippen LogP contribution is 2.24. The third kappa shape index (κ3) is 2.64. The second kappa shape index (κ2) is 5.16. The Kier molecular flexibility index (Phi) is 3.19. The number of nitrogens with zero attached hydrogens (tertiary/aromatic N) is 4. The van der Waals surface area contributed by atoms with Gasteiger partial charge in [-0.25, -0.2) is 9.48 Å². The standard InChI is InChI=1S/C15H12N4O2/c1-10-3-2-4-11(5-10)12-6-13(15(20)21)8-14(7-12)19-9-16-17-18-19/h2-9H,1H3,(H,20,21). The van der Waals surface area contributed by atoms with Crippen molar-refractivity contribution in [2.75, 3.05) is 0 Å². The molecule has 0 radical (unpaired) electrons. The molecular formula is C15H12N4O2. The topological polar surface area (TPSA) is 80.9 Å². The van der Waals surface area contributed by atoms with E-state index in [0.29, 0.717) is 5.69 Å². The molecule has 0 unspecified atom stereocenters. The summed E-state index contributed by atoms with van der Waals surface area (Å²) in [4.78, 5) is 11.3. The second-order valence-electron chi connectivity index (χ2n) is 4.70. The second-order valence-corrected chi connectivity index (χ2v) is 4.70. The number of carboxylic acids is 1. The average molecular weight is 280 g/mol. The number of carboxylic acid groups (broad SMARTS) is 1. The van der Waals surface area contributed by atoms with Crippen LogP contribution < -0.4 is 0 Å². The third-order valence-electron chi connectivity index (χ3n) is 3.13. The Hall–Kier alpha value is -3.02. The lowest BCUT2D eigenvalue weighted by Gasteiger charge is -2.08. The third-order valence-corrected chi connectivity index (χ3v) is 3.13. The van der Waals surface area contributed by atoms with Gasteiger partial charge in [0, 0.05) is 0 Å². The Bertz CT molecular complexity index is 797. The largest absolute Gasteiger partial charge is 0.478 e. The minimum Gasteiger partial charge on any atom is -0.478 e. The maximum atomic E-state index is 11.3. The van der Waals surface area contributed by atoms with E-state index in [1.807, 2.05) is 37.3 Å². The van der Waals surface area contributed by atoms with Crippen LogP contribution in [0.15, 0.2) is 48.8 Å².